The summed E-state index contributed by atoms with van der Waals surface area (Å²) in [5.41, 5.74) is 5.33. The third kappa shape index (κ3) is 3.08. The van der Waals surface area contributed by atoms with Gasteiger partial charge in [-0.3, -0.25) is 0 Å². The molecule has 0 aliphatic rings. The fourth-order valence-electron chi connectivity index (χ4n) is 1.29. The smallest absolute Gasteiger partial charge is 0.337 e. The van der Waals surface area contributed by atoms with E-state index in [0.29, 0.717) is 0 Å². The highest BCUT2D eigenvalue weighted by Gasteiger charge is 2.23. The quantitative estimate of drug-likeness (QED) is 0.542. The summed E-state index contributed by atoms with van der Waals surface area (Å²) in [4.78, 5) is 10.6. The zero-order valence-electron chi connectivity index (χ0n) is 9.75. The second-order valence-electron chi connectivity index (χ2n) is 3.71. The van der Waals surface area contributed by atoms with E-state index in [1.54, 1.807) is 6.92 Å². The maximum Gasteiger partial charge on any atom is 0.337 e. The standard InChI is InChI=1S/C11H14N2O4S/c1-3-7(2)13-18(16,17)10-6-8(12)4-5-9(10)11(14)15/h3-7,13H,1,12H2,2H3,(H,14,15). The summed E-state index contributed by atoms with van der Waals surface area (Å²) in [6.07, 6.45) is 1.39. The number of nitrogen functional groups attached to an aromatic ring is 1. The van der Waals surface area contributed by atoms with E-state index in [9.17, 15) is 13.2 Å². The van der Waals surface area contributed by atoms with Crippen LogP contribution in [0.15, 0.2) is 35.7 Å². The van der Waals surface area contributed by atoms with Gasteiger partial charge in [-0.05, 0) is 25.1 Å². The van der Waals surface area contributed by atoms with Crippen LogP contribution in [0.4, 0.5) is 5.69 Å². The average Bonchev–Trinajstić information content (AvgIpc) is 2.27. The highest BCUT2D eigenvalue weighted by atomic mass is 32.2. The molecular formula is C11H14N2O4S. The molecule has 0 aliphatic carbocycles. The molecule has 0 bridgehead atoms. The summed E-state index contributed by atoms with van der Waals surface area (Å²) < 4.78 is 26.3. The van der Waals surface area contributed by atoms with Crippen molar-refractivity contribution in [1.29, 1.82) is 0 Å². The fourth-order valence-corrected chi connectivity index (χ4v) is 2.74. The van der Waals surface area contributed by atoms with E-state index >= 15 is 0 Å². The average molecular weight is 270 g/mol. The molecule has 1 aromatic carbocycles. The Hall–Kier alpha value is -1.86. The van der Waals surface area contributed by atoms with E-state index in [0.717, 1.165) is 12.1 Å². The minimum absolute atomic E-state index is 0.173. The molecule has 0 fully saturated rings. The second-order valence-corrected chi connectivity index (χ2v) is 5.39. The van der Waals surface area contributed by atoms with Crippen molar-refractivity contribution in [1.82, 2.24) is 4.72 Å². The van der Waals surface area contributed by atoms with E-state index < -0.39 is 22.0 Å². The van der Waals surface area contributed by atoms with Gasteiger partial charge in [-0.2, -0.15) is 0 Å². The normalized spacial score (nSPS) is 12.9. The first-order valence-corrected chi connectivity index (χ1v) is 6.54. The number of sulfonamides is 1. The van der Waals surface area contributed by atoms with Gasteiger partial charge in [0.1, 0.15) is 0 Å². The molecule has 0 amide bonds. The number of rotatable bonds is 5. The van der Waals surface area contributed by atoms with E-state index in [2.05, 4.69) is 11.3 Å². The number of benzene rings is 1. The Bertz CT molecular complexity index is 581. The van der Waals surface area contributed by atoms with Crippen LogP contribution in [0.1, 0.15) is 17.3 Å². The van der Waals surface area contributed by atoms with Gasteiger partial charge < -0.3 is 10.8 Å². The Labute approximate surface area is 105 Å². The lowest BCUT2D eigenvalue weighted by Gasteiger charge is -2.12. The van der Waals surface area contributed by atoms with Gasteiger partial charge in [0.05, 0.1) is 10.5 Å². The molecule has 1 unspecified atom stereocenters. The predicted octanol–water partition coefficient (Wildman–Crippen LogP) is 0.820. The van der Waals surface area contributed by atoms with Gasteiger partial charge in [0.25, 0.3) is 0 Å². The zero-order valence-corrected chi connectivity index (χ0v) is 10.6. The van der Waals surface area contributed by atoms with Gasteiger partial charge >= 0.3 is 5.97 Å². The monoisotopic (exact) mass is 270 g/mol. The lowest BCUT2D eigenvalue weighted by Crippen LogP contribution is -2.32. The molecule has 0 aromatic heterocycles. The van der Waals surface area contributed by atoms with Crippen LogP contribution in [0.2, 0.25) is 0 Å². The van der Waals surface area contributed by atoms with Crippen LogP contribution in [0.5, 0.6) is 0 Å². The van der Waals surface area contributed by atoms with Crippen molar-refractivity contribution in [3.63, 3.8) is 0 Å². The Morgan fingerprint density at radius 2 is 2.17 bits per heavy atom. The van der Waals surface area contributed by atoms with Crippen LogP contribution in [0.25, 0.3) is 0 Å². The number of hydrogen-bond acceptors (Lipinski definition) is 4. The zero-order chi connectivity index (χ0) is 13.9. The largest absolute Gasteiger partial charge is 0.478 e. The maximum atomic E-state index is 12.0. The molecule has 0 heterocycles. The minimum atomic E-state index is -3.95. The lowest BCUT2D eigenvalue weighted by atomic mass is 10.2. The number of carboxylic acid groups (broad SMARTS) is 1. The van der Waals surface area contributed by atoms with Crippen LogP contribution in [-0.2, 0) is 10.0 Å². The molecule has 4 N–H and O–H groups in total. The summed E-state index contributed by atoms with van der Waals surface area (Å²) in [6, 6.07) is 3.09. The van der Waals surface area contributed by atoms with Crippen LogP contribution in [0, 0.1) is 0 Å². The van der Waals surface area contributed by atoms with Crippen LogP contribution in [-0.4, -0.2) is 25.5 Å². The van der Waals surface area contributed by atoms with Gasteiger partial charge in [0.2, 0.25) is 10.0 Å². The van der Waals surface area contributed by atoms with Crippen molar-refractivity contribution in [2.45, 2.75) is 17.9 Å². The lowest BCUT2D eigenvalue weighted by molar-refractivity contribution is 0.0692. The molecule has 0 saturated heterocycles. The molecule has 18 heavy (non-hydrogen) atoms. The summed E-state index contributed by atoms with van der Waals surface area (Å²) in [5, 5.41) is 8.96. The van der Waals surface area contributed by atoms with Crippen LogP contribution >= 0.6 is 0 Å². The first-order valence-electron chi connectivity index (χ1n) is 5.05. The summed E-state index contributed by atoms with van der Waals surface area (Å²) in [5.74, 6) is -1.33. The number of carbonyl (C=O) groups is 1. The summed E-state index contributed by atoms with van der Waals surface area (Å²) in [6.45, 7) is 5.03. The molecule has 7 heteroatoms. The van der Waals surface area contributed by atoms with Gasteiger partial charge in [-0.1, -0.05) is 6.08 Å². The molecule has 1 rings (SSSR count). The van der Waals surface area contributed by atoms with Crippen molar-refractivity contribution in [3.05, 3.63) is 36.4 Å². The Morgan fingerprint density at radius 1 is 1.56 bits per heavy atom. The van der Waals surface area contributed by atoms with Crippen molar-refractivity contribution >= 4 is 21.7 Å². The highest BCUT2D eigenvalue weighted by molar-refractivity contribution is 7.89. The van der Waals surface area contributed by atoms with Crippen LogP contribution < -0.4 is 10.5 Å². The SMILES string of the molecule is C=CC(C)NS(=O)(=O)c1cc(N)ccc1C(=O)O. The van der Waals surface area contributed by atoms with Crippen molar-refractivity contribution in [3.8, 4) is 0 Å². The molecule has 1 aromatic rings. The number of nitrogens with two attached hydrogens (primary N) is 1. The summed E-state index contributed by atoms with van der Waals surface area (Å²) >= 11 is 0. The highest BCUT2D eigenvalue weighted by Crippen LogP contribution is 2.19. The topological polar surface area (TPSA) is 109 Å². The molecule has 0 spiro atoms. The third-order valence-corrected chi connectivity index (χ3v) is 3.82. The van der Waals surface area contributed by atoms with E-state index in [4.69, 9.17) is 10.8 Å². The Morgan fingerprint density at radius 3 is 2.67 bits per heavy atom. The predicted molar refractivity (Wildman–Crippen MR) is 67.8 cm³/mol. The number of hydrogen-bond donors (Lipinski definition) is 3. The van der Waals surface area contributed by atoms with Gasteiger partial charge in [0, 0.05) is 11.7 Å². The number of nitrogens with one attached hydrogen (secondary N) is 1. The van der Waals surface area contributed by atoms with Crippen LogP contribution in [0.3, 0.4) is 0 Å². The maximum absolute atomic E-state index is 12.0. The van der Waals surface area contributed by atoms with Gasteiger partial charge in [0.15, 0.2) is 0 Å². The Kier molecular flexibility index (Phi) is 4.10. The molecule has 1 atom stereocenters. The van der Waals surface area contributed by atoms with Gasteiger partial charge in [-0.25, -0.2) is 17.9 Å². The van der Waals surface area contributed by atoms with E-state index in [-0.39, 0.29) is 16.1 Å². The first-order chi connectivity index (χ1) is 8.27. The third-order valence-electron chi connectivity index (χ3n) is 2.22. The summed E-state index contributed by atoms with van der Waals surface area (Å²) in [7, 11) is -3.95. The van der Waals surface area contributed by atoms with E-state index in [1.165, 1.54) is 12.1 Å². The molecule has 0 radical (unpaired) electrons. The number of carboxylic acids is 1. The second kappa shape index (κ2) is 5.19. The van der Waals surface area contributed by atoms with Gasteiger partial charge in [-0.15, -0.1) is 6.58 Å². The van der Waals surface area contributed by atoms with Crippen molar-refractivity contribution < 1.29 is 18.3 Å². The molecule has 0 aliphatic heterocycles. The van der Waals surface area contributed by atoms with E-state index in [1.807, 2.05) is 0 Å². The van der Waals surface area contributed by atoms with Crippen molar-refractivity contribution in [2.24, 2.45) is 0 Å². The number of anilines is 1. The van der Waals surface area contributed by atoms with Crippen molar-refractivity contribution in [2.75, 3.05) is 5.73 Å². The minimum Gasteiger partial charge on any atom is -0.478 e. The number of aromatic carboxylic acids is 1. The molecule has 0 saturated carbocycles. The molecule has 6 nitrogen and oxygen atoms in total. The Balaban J connectivity index is 3.35. The molecular weight excluding hydrogens is 256 g/mol. The fraction of sp³-hybridized carbons (Fsp3) is 0.182. The molecule has 98 valence electrons. The first kappa shape index (κ1) is 14.2.